The highest BCUT2D eigenvalue weighted by atomic mass is 14.2. The van der Waals surface area contributed by atoms with E-state index in [9.17, 15) is 0 Å². The molecule has 1 heteroatoms. The molecule has 2 rings (SSSR count). The van der Waals surface area contributed by atoms with Crippen LogP contribution in [0, 0.1) is 17.2 Å². The van der Waals surface area contributed by atoms with E-state index in [4.69, 9.17) is 5.26 Å². The van der Waals surface area contributed by atoms with E-state index < -0.39 is 0 Å². The lowest BCUT2D eigenvalue weighted by atomic mass is 9.99. The third kappa shape index (κ3) is 5.04. The maximum absolute atomic E-state index is 8.84. The first-order chi connectivity index (χ1) is 10.7. The summed E-state index contributed by atoms with van der Waals surface area (Å²) in [6.45, 7) is 4.59. The number of nitrogens with zero attached hydrogens (tertiary/aromatic N) is 1. The molecule has 0 atom stereocenters. The van der Waals surface area contributed by atoms with E-state index in [1.165, 1.54) is 48.8 Å². The lowest BCUT2D eigenvalue weighted by molar-refractivity contribution is 0.527. The molecule has 0 spiro atoms. The summed E-state index contributed by atoms with van der Waals surface area (Å²) in [5, 5.41) is 8.84. The van der Waals surface area contributed by atoms with Crippen LogP contribution in [0.5, 0.6) is 0 Å². The van der Waals surface area contributed by atoms with E-state index >= 15 is 0 Å². The summed E-state index contributed by atoms with van der Waals surface area (Å²) in [6.07, 6.45) is 6.48. The highest BCUT2D eigenvalue weighted by molar-refractivity contribution is 5.64. The molecule has 22 heavy (non-hydrogen) atoms. The number of unbranched alkanes of at least 4 members (excludes halogenated alkanes) is 2. The van der Waals surface area contributed by atoms with Crippen molar-refractivity contribution in [2.75, 3.05) is 0 Å². The number of nitriles is 1. The van der Waals surface area contributed by atoms with Gasteiger partial charge in [-0.1, -0.05) is 69.5 Å². The lowest BCUT2D eigenvalue weighted by Gasteiger charge is -2.06. The van der Waals surface area contributed by atoms with Crippen LogP contribution in [0.3, 0.4) is 0 Å². The average Bonchev–Trinajstić information content (AvgIpc) is 2.55. The van der Waals surface area contributed by atoms with Crippen LogP contribution < -0.4 is 0 Å². The molecule has 0 fully saturated rings. The molecule has 0 saturated carbocycles. The van der Waals surface area contributed by atoms with Gasteiger partial charge in [0.2, 0.25) is 0 Å². The molecule has 0 unspecified atom stereocenters. The maximum atomic E-state index is 8.84. The standard InChI is InChI=1S/C21H25N/c1-17(2)6-4-3-5-7-18-8-12-20(13-9-18)21-14-10-19(16-22)11-15-21/h8-15,17H,3-7H2,1-2H3. The molecule has 0 aliphatic carbocycles. The van der Waals surface area contributed by atoms with Gasteiger partial charge in [-0.05, 0) is 47.6 Å². The van der Waals surface area contributed by atoms with E-state index in [2.05, 4.69) is 44.2 Å². The van der Waals surface area contributed by atoms with Crippen molar-refractivity contribution in [2.45, 2.75) is 46.0 Å². The first-order valence-electron chi connectivity index (χ1n) is 8.28. The van der Waals surface area contributed by atoms with Crippen LogP contribution >= 0.6 is 0 Å². The zero-order chi connectivity index (χ0) is 15.8. The molecule has 0 N–H and O–H groups in total. The minimum atomic E-state index is 0.710. The Morgan fingerprint density at radius 2 is 1.41 bits per heavy atom. The Morgan fingerprint density at radius 1 is 0.818 bits per heavy atom. The predicted molar refractivity (Wildman–Crippen MR) is 93.6 cm³/mol. The summed E-state index contributed by atoms with van der Waals surface area (Å²) in [4.78, 5) is 0. The van der Waals surface area contributed by atoms with Gasteiger partial charge in [0.05, 0.1) is 11.6 Å². The molecule has 0 heterocycles. The van der Waals surface area contributed by atoms with Crippen molar-refractivity contribution in [3.8, 4) is 17.2 Å². The Balaban J connectivity index is 1.86. The third-order valence-electron chi connectivity index (χ3n) is 4.05. The summed E-state index contributed by atoms with van der Waals surface area (Å²) in [5.74, 6) is 0.826. The Morgan fingerprint density at radius 3 is 1.95 bits per heavy atom. The minimum absolute atomic E-state index is 0.710. The van der Waals surface area contributed by atoms with Crippen LogP contribution in [0.1, 0.15) is 50.7 Å². The highest BCUT2D eigenvalue weighted by Gasteiger charge is 2.00. The van der Waals surface area contributed by atoms with E-state index in [0.29, 0.717) is 5.56 Å². The summed E-state index contributed by atoms with van der Waals surface area (Å²) in [7, 11) is 0. The largest absolute Gasteiger partial charge is 0.192 e. The lowest BCUT2D eigenvalue weighted by Crippen LogP contribution is -1.89. The van der Waals surface area contributed by atoms with Crippen LogP contribution in [0.25, 0.3) is 11.1 Å². The van der Waals surface area contributed by atoms with E-state index in [1.54, 1.807) is 0 Å². The monoisotopic (exact) mass is 291 g/mol. The normalized spacial score (nSPS) is 10.6. The fourth-order valence-corrected chi connectivity index (χ4v) is 2.66. The quantitative estimate of drug-likeness (QED) is 0.575. The number of hydrogen-bond donors (Lipinski definition) is 0. The molecule has 0 aliphatic heterocycles. The van der Waals surface area contributed by atoms with E-state index in [1.807, 2.05) is 24.3 Å². The molecule has 0 saturated heterocycles. The molecule has 2 aromatic rings. The van der Waals surface area contributed by atoms with Gasteiger partial charge in [0, 0.05) is 0 Å². The molecule has 0 amide bonds. The van der Waals surface area contributed by atoms with Gasteiger partial charge in [0.1, 0.15) is 0 Å². The molecule has 0 radical (unpaired) electrons. The van der Waals surface area contributed by atoms with Gasteiger partial charge < -0.3 is 0 Å². The topological polar surface area (TPSA) is 23.8 Å². The molecule has 0 aromatic heterocycles. The molecular weight excluding hydrogens is 266 g/mol. The van der Waals surface area contributed by atoms with Crippen molar-refractivity contribution >= 4 is 0 Å². The Hall–Kier alpha value is -2.07. The Labute approximate surface area is 134 Å². The molecule has 1 nitrogen and oxygen atoms in total. The van der Waals surface area contributed by atoms with Crippen molar-refractivity contribution in [1.29, 1.82) is 5.26 Å². The van der Waals surface area contributed by atoms with E-state index in [-0.39, 0.29) is 0 Å². The molecule has 0 aliphatic rings. The van der Waals surface area contributed by atoms with Crippen LogP contribution in [0.4, 0.5) is 0 Å². The van der Waals surface area contributed by atoms with Gasteiger partial charge in [0.15, 0.2) is 0 Å². The zero-order valence-corrected chi connectivity index (χ0v) is 13.7. The number of rotatable bonds is 7. The van der Waals surface area contributed by atoms with Crippen LogP contribution in [-0.4, -0.2) is 0 Å². The number of benzene rings is 2. The summed E-state index contributed by atoms with van der Waals surface area (Å²) < 4.78 is 0. The first-order valence-corrected chi connectivity index (χ1v) is 8.28. The third-order valence-corrected chi connectivity index (χ3v) is 4.05. The highest BCUT2D eigenvalue weighted by Crippen LogP contribution is 2.21. The van der Waals surface area contributed by atoms with Crippen LogP contribution in [0.2, 0.25) is 0 Å². The SMILES string of the molecule is CC(C)CCCCCc1ccc(-c2ccc(C#N)cc2)cc1. The fourth-order valence-electron chi connectivity index (χ4n) is 2.66. The van der Waals surface area contributed by atoms with Crippen molar-refractivity contribution in [1.82, 2.24) is 0 Å². The van der Waals surface area contributed by atoms with Gasteiger partial charge in [0.25, 0.3) is 0 Å². The van der Waals surface area contributed by atoms with Crippen molar-refractivity contribution in [3.05, 3.63) is 59.7 Å². The van der Waals surface area contributed by atoms with Gasteiger partial charge >= 0.3 is 0 Å². The maximum Gasteiger partial charge on any atom is 0.0991 e. The second kappa shape index (κ2) is 8.39. The summed E-state index contributed by atoms with van der Waals surface area (Å²) in [6, 6.07) is 18.8. The van der Waals surface area contributed by atoms with Crippen LogP contribution in [-0.2, 0) is 6.42 Å². The Kier molecular flexibility index (Phi) is 6.22. The van der Waals surface area contributed by atoms with Gasteiger partial charge in [-0.3, -0.25) is 0 Å². The molecular formula is C21H25N. The minimum Gasteiger partial charge on any atom is -0.192 e. The van der Waals surface area contributed by atoms with E-state index in [0.717, 1.165) is 5.92 Å². The number of aryl methyl sites for hydroxylation is 1. The van der Waals surface area contributed by atoms with Crippen LogP contribution in [0.15, 0.2) is 48.5 Å². The second-order valence-corrected chi connectivity index (χ2v) is 6.38. The van der Waals surface area contributed by atoms with Crippen molar-refractivity contribution in [2.24, 2.45) is 5.92 Å². The molecule has 0 bridgehead atoms. The summed E-state index contributed by atoms with van der Waals surface area (Å²) in [5.41, 5.74) is 4.51. The van der Waals surface area contributed by atoms with Gasteiger partial charge in [-0.25, -0.2) is 0 Å². The van der Waals surface area contributed by atoms with Gasteiger partial charge in [-0.15, -0.1) is 0 Å². The second-order valence-electron chi connectivity index (χ2n) is 6.38. The van der Waals surface area contributed by atoms with Crippen molar-refractivity contribution in [3.63, 3.8) is 0 Å². The molecule has 2 aromatic carbocycles. The van der Waals surface area contributed by atoms with Crippen molar-refractivity contribution < 1.29 is 0 Å². The molecule has 114 valence electrons. The zero-order valence-electron chi connectivity index (χ0n) is 13.7. The predicted octanol–water partition coefficient (Wildman–Crippen LogP) is 5.98. The average molecular weight is 291 g/mol. The summed E-state index contributed by atoms with van der Waals surface area (Å²) >= 11 is 0. The first kappa shape index (κ1) is 16.3. The smallest absolute Gasteiger partial charge is 0.0991 e. The Bertz CT molecular complexity index is 600. The number of hydrogen-bond acceptors (Lipinski definition) is 1. The van der Waals surface area contributed by atoms with Gasteiger partial charge in [-0.2, -0.15) is 5.26 Å². The fraction of sp³-hybridized carbons (Fsp3) is 0.381.